The van der Waals surface area contributed by atoms with E-state index >= 15 is 0 Å². The van der Waals surface area contributed by atoms with Gasteiger partial charge in [0, 0.05) is 5.92 Å². The second-order valence-electron chi connectivity index (χ2n) is 3.73. The largest absolute Gasteiger partial charge is 0.392 e. The van der Waals surface area contributed by atoms with Crippen molar-refractivity contribution in [3.8, 4) is 0 Å². The smallest absolute Gasteiger partial charge is 0.0671 e. The third-order valence-electron chi connectivity index (χ3n) is 2.51. The molecule has 0 radical (unpaired) electrons. The molecule has 0 aromatic rings. The lowest BCUT2D eigenvalue weighted by Gasteiger charge is -2.07. The lowest BCUT2D eigenvalue weighted by atomic mass is 10.1. The Balaban J connectivity index is 2.12. The van der Waals surface area contributed by atoms with Gasteiger partial charge in [0.25, 0.3) is 0 Å². The molecule has 0 amide bonds. The first-order valence-corrected chi connectivity index (χ1v) is 5.36. The van der Waals surface area contributed by atoms with Crippen LogP contribution in [0.25, 0.3) is 0 Å². The van der Waals surface area contributed by atoms with Crippen molar-refractivity contribution in [2.24, 2.45) is 5.92 Å². The zero-order chi connectivity index (χ0) is 9.52. The van der Waals surface area contributed by atoms with Crippen LogP contribution in [0.1, 0.15) is 39.0 Å². The van der Waals surface area contributed by atoms with Crippen molar-refractivity contribution in [3.05, 3.63) is 24.3 Å². The van der Waals surface area contributed by atoms with Gasteiger partial charge in [0.05, 0.1) is 6.10 Å². The predicted octanol–water partition coefficient (Wildman–Crippen LogP) is 3.06. The van der Waals surface area contributed by atoms with Gasteiger partial charge in [-0.05, 0) is 19.3 Å². The van der Waals surface area contributed by atoms with Crippen LogP contribution >= 0.6 is 0 Å². The summed E-state index contributed by atoms with van der Waals surface area (Å²) in [7, 11) is 0. The molecule has 0 aliphatic heterocycles. The van der Waals surface area contributed by atoms with E-state index in [-0.39, 0.29) is 12.0 Å². The van der Waals surface area contributed by atoms with Crippen molar-refractivity contribution in [1.29, 1.82) is 0 Å². The molecule has 74 valence electrons. The second-order valence-corrected chi connectivity index (χ2v) is 3.73. The number of unbranched alkanes of at least 4 members (excludes halogenated alkanes) is 3. The summed E-state index contributed by atoms with van der Waals surface area (Å²) < 4.78 is 0. The fraction of sp³-hybridized carbons (Fsp3) is 0.667. The van der Waals surface area contributed by atoms with Crippen molar-refractivity contribution in [2.75, 3.05) is 0 Å². The Morgan fingerprint density at radius 2 is 2.31 bits per heavy atom. The number of hydrogen-bond donors (Lipinski definition) is 1. The quantitative estimate of drug-likeness (QED) is 0.509. The Kier molecular flexibility index (Phi) is 4.84. The minimum atomic E-state index is -0.164. The molecule has 1 heteroatoms. The summed E-state index contributed by atoms with van der Waals surface area (Å²) in [5.41, 5.74) is 0. The predicted molar refractivity (Wildman–Crippen MR) is 56.5 cm³/mol. The molecule has 1 rings (SSSR count). The Morgan fingerprint density at radius 3 is 2.92 bits per heavy atom. The molecule has 0 saturated carbocycles. The highest BCUT2D eigenvalue weighted by atomic mass is 16.3. The first-order chi connectivity index (χ1) is 6.34. The molecule has 1 aliphatic rings. The van der Waals surface area contributed by atoms with Crippen molar-refractivity contribution in [2.45, 2.75) is 45.1 Å². The van der Waals surface area contributed by atoms with Crippen LogP contribution in [0.15, 0.2) is 24.3 Å². The molecule has 1 nitrogen and oxygen atoms in total. The number of aliphatic hydroxyl groups is 1. The van der Waals surface area contributed by atoms with Crippen molar-refractivity contribution in [3.63, 3.8) is 0 Å². The third kappa shape index (κ3) is 3.77. The second kappa shape index (κ2) is 5.98. The topological polar surface area (TPSA) is 20.2 Å². The molecule has 0 aromatic carbocycles. The van der Waals surface area contributed by atoms with Crippen molar-refractivity contribution < 1.29 is 5.11 Å². The fourth-order valence-electron chi connectivity index (χ4n) is 1.62. The van der Waals surface area contributed by atoms with Crippen LogP contribution in [0.5, 0.6) is 0 Å². The summed E-state index contributed by atoms with van der Waals surface area (Å²) in [4.78, 5) is 0. The maximum Gasteiger partial charge on any atom is 0.0671 e. The van der Waals surface area contributed by atoms with Gasteiger partial charge in [0.1, 0.15) is 0 Å². The number of rotatable bonds is 5. The Labute approximate surface area is 81.2 Å². The highest BCUT2D eigenvalue weighted by molar-refractivity contribution is 5.10. The molecule has 0 bridgehead atoms. The molecule has 1 N–H and O–H groups in total. The normalized spacial score (nSPS) is 27.5. The molecule has 0 fully saturated rings. The van der Waals surface area contributed by atoms with E-state index in [1.807, 2.05) is 0 Å². The molecule has 0 heterocycles. The zero-order valence-electron chi connectivity index (χ0n) is 8.45. The summed E-state index contributed by atoms with van der Waals surface area (Å²) in [5, 5.41) is 9.48. The molecular formula is C12H20O. The highest BCUT2D eigenvalue weighted by Gasteiger charge is 2.16. The minimum Gasteiger partial charge on any atom is -0.392 e. The Morgan fingerprint density at radius 1 is 1.46 bits per heavy atom. The lowest BCUT2D eigenvalue weighted by Crippen LogP contribution is -2.10. The Hall–Kier alpha value is -0.560. The standard InChI is InChI=1S/C12H20O/c1-2-3-4-5-6-8-11-9-7-10-12(11)13/h6-9,11-13H,2-5,10H2,1H3/b8-6-/t11-,12-/m1/s1. The van der Waals surface area contributed by atoms with E-state index in [4.69, 9.17) is 0 Å². The summed E-state index contributed by atoms with van der Waals surface area (Å²) in [6.45, 7) is 2.22. The molecule has 0 spiro atoms. The van der Waals surface area contributed by atoms with E-state index in [9.17, 15) is 5.11 Å². The third-order valence-corrected chi connectivity index (χ3v) is 2.51. The van der Waals surface area contributed by atoms with Gasteiger partial charge in [0.2, 0.25) is 0 Å². The van der Waals surface area contributed by atoms with Crippen LogP contribution in [0.2, 0.25) is 0 Å². The van der Waals surface area contributed by atoms with Crippen LogP contribution in [0, 0.1) is 5.92 Å². The van der Waals surface area contributed by atoms with Gasteiger partial charge in [-0.25, -0.2) is 0 Å². The summed E-state index contributed by atoms with van der Waals surface area (Å²) >= 11 is 0. The minimum absolute atomic E-state index is 0.164. The van der Waals surface area contributed by atoms with Crippen LogP contribution in [0.3, 0.4) is 0 Å². The van der Waals surface area contributed by atoms with E-state index in [2.05, 4.69) is 31.2 Å². The zero-order valence-corrected chi connectivity index (χ0v) is 8.45. The van der Waals surface area contributed by atoms with Crippen LogP contribution < -0.4 is 0 Å². The van der Waals surface area contributed by atoms with Gasteiger partial charge in [-0.1, -0.05) is 44.1 Å². The van der Waals surface area contributed by atoms with E-state index in [1.54, 1.807) is 0 Å². The van der Waals surface area contributed by atoms with Crippen molar-refractivity contribution in [1.82, 2.24) is 0 Å². The highest BCUT2D eigenvalue weighted by Crippen LogP contribution is 2.19. The molecular weight excluding hydrogens is 160 g/mol. The summed E-state index contributed by atoms with van der Waals surface area (Å²) in [6, 6.07) is 0. The molecule has 0 unspecified atom stereocenters. The SMILES string of the molecule is CCCCC/C=C\[C@@H]1C=CC[C@H]1O. The maximum absolute atomic E-state index is 9.48. The Bertz CT molecular complexity index is 182. The number of allylic oxidation sites excluding steroid dienone is 1. The average molecular weight is 180 g/mol. The monoisotopic (exact) mass is 180 g/mol. The van der Waals surface area contributed by atoms with E-state index in [1.165, 1.54) is 19.3 Å². The van der Waals surface area contributed by atoms with E-state index < -0.39 is 0 Å². The van der Waals surface area contributed by atoms with Gasteiger partial charge in [-0.15, -0.1) is 0 Å². The maximum atomic E-state index is 9.48. The molecule has 2 atom stereocenters. The van der Waals surface area contributed by atoms with Gasteiger partial charge < -0.3 is 5.11 Å². The molecule has 0 saturated heterocycles. The van der Waals surface area contributed by atoms with E-state index in [0.29, 0.717) is 0 Å². The first-order valence-electron chi connectivity index (χ1n) is 5.36. The lowest BCUT2D eigenvalue weighted by molar-refractivity contribution is 0.161. The van der Waals surface area contributed by atoms with Crippen LogP contribution in [-0.2, 0) is 0 Å². The van der Waals surface area contributed by atoms with Crippen LogP contribution in [-0.4, -0.2) is 11.2 Å². The number of aliphatic hydroxyl groups excluding tert-OH is 1. The molecule has 0 aromatic heterocycles. The fourth-order valence-corrected chi connectivity index (χ4v) is 1.62. The summed E-state index contributed by atoms with van der Waals surface area (Å²) in [6.07, 6.45) is 14.2. The first kappa shape index (κ1) is 10.5. The van der Waals surface area contributed by atoms with Crippen LogP contribution in [0.4, 0.5) is 0 Å². The number of hydrogen-bond acceptors (Lipinski definition) is 1. The van der Waals surface area contributed by atoms with Gasteiger partial charge in [0.15, 0.2) is 0 Å². The average Bonchev–Trinajstić information content (AvgIpc) is 2.52. The summed E-state index contributed by atoms with van der Waals surface area (Å²) in [5.74, 6) is 0.279. The van der Waals surface area contributed by atoms with Gasteiger partial charge >= 0.3 is 0 Å². The molecule has 13 heavy (non-hydrogen) atoms. The van der Waals surface area contributed by atoms with Gasteiger partial charge in [-0.3, -0.25) is 0 Å². The molecule has 1 aliphatic carbocycles. The van der Waals surface area contributed by atoms with E-state index in [0.717, 1.165) is 12.8 Å². The van der Waals surface area contributed by atoms with Crippen molar-refractivity contribution >= 4 is 0 Å². The van der Waals surface area contributed by atoms with Gasteiger partial charge in [-0.2, -0.15) is 0 Å².